The molecule has 0 atom stereocenters. The molecule has 0 saturated carbocycles. The predicted octanol–water partition coefficient (Wildman–Crippen LogP) is 3.05. The van der Waals surface area contributed by atoms with Gasteiger partial charge in [0.2, 0.25) is 5.91 Å². The molecule has 2 saturated heterocycles. The molecule has 0 spiro atoms. The normalized spacial score (nSPS) is 17.8. The number of halogens is 2. The zero-order valence-electron chi connectivity index (χ0n) is 17.1. The van der Waals surface area contributed by atoms with Crippen LogP contribution in [-0.4, -0.2) is 78.9 Å². The maximum atomic E-state index is 12.7. The second kappa shape index (κ2) is 11.3. The highest BCUT2D eigenvalue weighted by Crippen LogP contribution is 2.37. The smallest absolute Gasteiger partial charge is 0.344 e. The van der Waals surface area contributed by atoms with Crippen molar-refractivity contribution in [2.75, 3.05) is 46.1 Å². The Hall–Kier alpha value is -1.89. The van der Waals surface area contributed by atoms with Crippen LogP contribution in [0.15, 0.2) is 26.0 Å². The fourth-order valence-corrected chi connectivity index (χ4v) is 5.26. The van der Waals surface area contributed by atoms with Crippen molar-refractivity contribution in [3.05, 3.63) is 31.5 Å². The lowest BCUT2D eigenvalue weighted by atomic mass is 10.2. The van der Waals surface area contributed by atoms with Gasteiger partial charge < -0.3 is 19.1 Å². The first-order chi connectivity index (χ1) is 15.3. The maximum Gasteiger partial charge on any atom is 0.344 e. The van der Waals surface area contributed by atoms with Crippen LogP contribution < -0.4 is 4.74 Å². The molecule has 9 nitrogen and oxygen atoms in total. The number of carbonyl (C=O) groups is 4. The number of hydrogen-bond acceptors (Lipinski definition) is 8. The van der Waals surface area contributed by atoms with Gasteiger partial charge in [0.05, 0.1) is 33.7 Å². The molecule has 172 valence electrons. The Morgan fingerprint density at radius 3 is 2.47 bits per heavy atom. The monoisotopic (exact) mass is 590 g/mol. The van der Waals surface area contributed by atoms with Crippen LogP contribution in [0.1, 0.15) is 12.5 Å². The number of ether oxygens (including phenoxy) is 3. The van der Waals surface area contributed by atoms with Crippen LogP contribution >= 0.6 is 43.6 Å². The molecule has 0 bridgehead atoms. The molecule has 0 N–H and O–H groups in total. The SMILES string of the molecule is CCOC(=O)COc1c(Br)cc(/C=C2/SC(=O)N(CC(=O)N3CCOCC3)C2=O)cc1Br. The average Bonchev–Trinajstić information content (AvgIpc) is 3.01. The minimum atomic E-state index is -0.517. The highest BCUT2D eigenvalue weighted by molar-refractivity contribution is 9.11. The second-order valence-corrected chi connectivity index (χ2v) is 9.37. The zero-order chi connectivity index (χ0) is 23.3. The molecule has 2 heterocycles. The summed E-state index contributed by atoms with van der Waals surface area (Å²) in [6, 6.07) is 3.39. The van der Waals surface area contributed by atoms with Crippen LogP contribution in [0.5, 0.6) is 5.75 Å². The van der Waals surface area contributed by atoms with Crippen molar-refractivity contribution >= 4 is 72.7 Å². The molecule has 0 unspecified atom stereocenters. The van der Waals surface area contributed by atoms with Gasteiger partial charge in [-0.15, -0.1) is 0 Å². The Morgan fingerprint density at radius 2 is 1.84 bits per heavy atom. The molecule has 0 aromatic heterocycles. The Kier molecular flexibility index (Phi) is 8.74. The van der Waals surface area contributed by atoms with Crippen molar-refractivity contribution in [1.29, 1.82) is 0 Å². The van der Waals surface area contributed by atoms with Crippen LogP contribution in [0.2, 0.25) is 0 Å². The van der Waals surface area contributed by atoms with E-state index in [1.54, 1.807) is 30.0 Å². The van der Waals surface area contributed by atoms with E-state index in [9.17, 15) is 19.2 Å². The van der Waals surface area contributed by atoms with Crippen LogP contribution in [0.4, 0.5) is 4.79 Å². The van der Waals surface area contributed by atoms with Crippen molar-refractivity contribution in [1.82, 2.24) is 9.80 Å². The average molecular weight is 592 g/mol. The Morgan fingerprint density at radius 1 is 1.19 bits per heavy atom. The number of morpholine rings is 1. The van der Waals surface area contributed by atoms with Crippen molar-refractivity contribution in [2.45, 2.75) is 6.92 Å². The van der Waals surface area contributed by atoms with E-state index < -0.39 is 17.1 Å². The van der Waals surface area contributed by atoms with Gasteiger partial charge in [0.15, 0.2) is 6.61 Å². The molecule has 12 heteroatoms. The van der Waals surface area contributed by atoms with E-state index in [-0.39, 0.29) is 30.6 Å². The molecule has 3 rings (SSSR count). The number of esters is 1. The number of imide groups is 1. The van der Waals surface area contributed by atoms with Gasteiger partial charge in [-0.3, -0.25) is 19.3 Å². The quantitative estimate of drug-likeness (QED) is 0.352. The number of rotatable bonds is 7. The van der Waals surface area contributed by atoms with Crippen molar-refractivity contribution in [3.63, 3.8) is 0 Å². The zero-order valence-corrected chi connectivity index (χ0v) is 21.1. The topological polar surface area (TPSA) is 102 Å². The molecule has 0 aliphatic carbocycles. The summed E-state index contributed by atoms with van der Waals surface area (Å²) in [7, 11) is 0. The predicted molar refractivity (Wildman–Crippen MR) is 124 cm³/mol. The Bertz CT molecular complexity index is 940. The van der Waals surface area contributed by atoms with E-state index in [0.717, 1.165) is 16.7 Å². The molecular formula is C20H20Br2N2O7S. The summed E-state index contributed by atoms with van der Waals surface area (Å²) in [5.74, 6) is -0.892. The highest BCUT2D eigenvalue weighted by Gasteiger charge is 2.37. The number of hydrogen-bond donors (Lipinski definition) is 0. The van der Waals surface area contributed by atoms with Gasteiger partial charge in [-0.1, -0.05) is 0 Å². The van der Waals surface area contributed by atoms with Crippen LogP contribution in [-0.2, 0) is 23.9 Å². The largest absolute Gasteiger partial charge is 0.480 e. The maximum absolute atomic E-state index is 12.7. The Balaban J connectivity index is 1.69. The highest BCUT2D eigenvalue weighted by atomic mass is 79.9. The van der Waals surface area contributed by atoms with Gasteiger partial charge >= 0.3 is 5.97 Å². The van der Waals surface area contributed by atoms with Gasteiger partial charge in [-0.25, -0.2) is 4.79 Å². The van der Waals surface area contributed by atoms with E-state index in [0.29, 0.717) is 46.6 Å². The number of nitrogens with zero attached hydrogens (tertiary/aromatic N) is 2. The summed E-state index contributed by atoms with van der Waals surface area (Å²) in [6.07, 6.45) is 1.56. The fourth-order valence-electron chi connectivity index (χ4n) is 2.97. The first kappa shape index (κ1) is 24.7. The standard InChI is InChI=1S/C20H20Br2N2O7S/c1-2-30-17(26)11-31-18-13(21)7-12(8-14(18)22)9-15-19(27)24(20(28)32-15)10-16(25)23-3-5-29-6-4-23/h7-9H,2-6,10-11H2,1H3/b15-9+. The van der Waals surface area contributed by atoms with Gasteiger partial charge in [0, 0.05) is 13.1 Å². The fraction of sp³-hybridized carbons (Fsp3) is 0.400. The molecule has 2 aliphatic rings. The lowest BCUT2D eigenvalue weighted by Gasteiger charge is -2.28. The number of carbonyl (C=O) groups excluding carboxylic acids is 4. The molecule has 2 aliphatic heterocycles. The summed E-state index contributed by atoms with van der Waals surface area (Å²) in [5, 5.41) is -0.490. The molecule has 0 radical (unpaired) electrons. The van der Waals surface area contributed by atoms with E-state index in [1.807, 2.05) is 0 Å². The summed E-state index contributed by atoms with van der Waals surface area (Å²) in [6.45, 7) is 3.19. The summed E-state index contributed by atoms with van der Waals surface area (Å²) < 4.78 is 16.6. The minimum Gasteiger partial charge on any atom is -0.480 e. The van der Waals surface area contributed by atoms with E-state index in [2.05, 4.69) is 31.9 Å². The number of thioether (sulfide) groups is 1. The number of benzene rings is 1. The van der Waals surface area contributed by atoms with E-state index >= 15 is 0 Å². The number of amides is 3. The van der Waals surface area contributed by atoms with Crippen LogP contribution in [0.25, 0.3) is 6.08 Å². The third kappa shape index (κ3) is 6.12. The Labute approximate surface area is 205 Å². The minimum absolute atomic E-state index is 0.212. The van der Waals surface area contributed by atoms with Crippen molar-refractivity contribution in [2.24, 2.45) is 0 Å². The molecule has 2 fully saturated rings. The van der Waals surface area contributed by atoms with Gasteiger partial charge in [0.25, 0.3) is 11.1 Å². The lowest BCUT2D eigenvalue weighted by molar-refractivity contribution is -0.145. The summed E-state index contributed by atoms with van der Waals surface area (Å²) in [4.78, 5) is 51.8. The molecule has 32 heavy (non-hydrogen) atoms. The van der Waals surface area contributed by atoms with E-state index in [4.69, 9.17) is 14.2 Å². The van der Waals surface area contributed by atoms with Crippen LogP contribution in [0, 0.1) is 0 Å². The van der Waals surface area contributed by atoms with Crippen molar-refractivity contribution < 1.29 is 33.4 Å². The molecular weight excluding hydrogens is 572 g/mol. The van der Waals surface area contributed by atoms with Crippen molar-refractivity contribution in [3.8, 4) is 5.75 Å². The van der Waals surface area contributed by atoms with Gasteiger partial charge in [0.1, 0.15) is 12.3 Å². The van der Waals surface area contributed by atoms with E-state index in [1.165, 1.54) is 0 Å². The van der Waals surface area contributed by atoms with Crippen LogP contribution in [0.3, 0.4) is 0 Å². The third-order valence-electron chi connectivity index (χ3n) is 4.49. The van der Waals surface area contributed by atoms with Gasteiger partial charge in [-0.05, 0) is 74.3 Å². The van der Waals surface area contributed by atoms with Gasteiger partial charge in [-0.2, -0.15) is 0 Å². The molecule has 1 aromatic carbocycles. The summed E-state index contributed by atoms with van der Waals surface area (Å²) >= 11 is 7.55. The first-order valence-corrected chi connectivity index (χ1v) is 12.1. The molecule has 1 aromatic rings. The lowest BCUT2D eigenvalue weighted by Crippen LogP contribution is -2.46. The first-order valence-electron chi connectivity index (χ1n) is 9.68. The molecule has 3 amide bonds. The third-order valence-corrected chi connectivity index (χ3v) is 6.57. The second-order valence-electron chi connectivity index (χ2n) is 6.67. The summed E-state index contributed by atoms with van der Waals surface area (Å²) in [5.41, 5.74) is 0.622.